The van der Waals surface area contributed by atoms with E-state index in [1.807, 2.05) is 4.57 Å². The molecule has 3 N–H and O–H groups in total. The van der Waals surface area contributed by atoms with Crippen molar-refractivity contribution in [2.24, 2.45) is 11.8 Å². The number of aromatic nitrogens is 4. The van der Waals surface area contributed by atoms with Crippen LogP contribution in [0.3, 0.4) is 0 Å². The van der Waals surface area contributed by atoms with Gasteiger partial charge >= 0.3 is 6.18 Å². The van der Waals surface area contributed by atoms with Crippen LogP contribution in [-0.4, -0.2) is 38.1 Å². The number of anilines is 3. The molecule has 0 saturated heterocycles. The molecule has 3 aliphatic carbocycles. The maximum Gasteiger partial charge on any atom is 0.433 e. The Bertz CT molecular complexity index is 1430. The summed E-state index contributed by atoms with van der Waals surface area (Å²) < 4.78 is 41.0. The number of carbonyl (C=O) groups is 2. The number of hydrogen-bond donors (Lipinski definition) is 3. The van der Waals surface area contributed by atoms with Crippen LogP contribution in [0.5, 0.6) is 0 Å². The summed E-state index contributed by atoms with van der Waals surface area (Å²) in [6.07, 6.45) is 3.05. The van der Waals surface area contributed by atoms with E-state index in [0.717, 1.165) is 48.6 Å². The third kappa shape index (κ3) is 5.49. The summed E-state index contributed by atoms with van der Waals surface area (Å²) in [6, 6.07) is 2.17. The van der Waals surface area contributed by atoms with E-state index in [2.05, 4.69) is 31.1 Å². The SMILES string of the molecule is Cc1nc(C(F)(F)F)ccc1Nc1nncn1[C@H]1CCc2sc(NC(=O)C3CC3)c(C(=O)NCC3CC3)c2C1. The summed E-state index contributed by atoms with van der Waals surface area (Å²) in [5.41, 5.74) is 1.09. The van der Waals surface area contributed by atoms with E-state index in [9.17, 15) is 22.8 Å². The van der Waals surface area contributed by atoms with Gasteiger partial charge in [-0.1, -0.05) is 0 Å². The van der Waals surface area contributed by atoms with E-state index in [-0.39, 0.29) is 29.5 Å². The molecule has 3 aromatic heterocycles. The number of fused-ring (bicyclic) bond motifs is 1. The second kappa shape index (κ2) is 9.92. The molecule has 3 heterocycles. The number of carbonyl (C=O) groups excluding carboxylic acids is 2. The fourth-order valence-electron chi connectivity index (χ4n) is 4.91. The molecule has 39 heavy (non-hydrogen) atoms. The van der Waals surface area contributed by atoms with Crippen LogP contribution in [0.25, 0.3) is 0 Å². The first-order valence-corrected chi connectivity index (χ1v) is 13.9. The van der Waals surface area contributed by atoms with E-state index in [1.54, 1.807) is 6.33 Å². The molecule has 3 aromatic rings. The summed E-state index contributed by atoms with van der Waals surface area (Å²) in [4.78, 5) is 30.7. The average molecular weight is 560 g/mol. The van der Waals surface area contributed by atoms with Gasteiger partial charge in [0.05, 0.1) is 16.9 Å². The molecule has 0 aromatic carbocycles. The zero-order valence-corrected chi connectivity index (χ0v) is 22.1. The molecule has 0 bridgehead atoms. The van der Waals surface area contributed by atoms with Crippen molar-refractivity contribution < 1.29 is 22.8 Å². The number of nitrogens with zero attached hydrogens (tertiary/aromatic N) is 4. The highest BCUT2D eigenvalue weighted by Crippen LogP contribution is 2.43. The molecule has 2 saturated carbocycles. The number of nitrogens with one attached hydrogen (secondary N) is 3. The topological polar surface area (TPSA) is 114 Å². The van der Waals surface area contributed by atoms with Gasteiger partial charge in [0.15, 0.2) is 0 Å². The van der Waals surface area contributed by atoms with Crippen LogP contribution in [0, 0.1) is 18.8 Å². The molecular weight excluding hydrogens is 531 g/mol. The normalized spacial score (nSPS) is 18.9. The summed E-state index contributed by atoms with van der Waals surface area (Å²) >= 11 is 1.48. The molecule has 6 rings (SSSR count). The quantitative estimate of drug-likeness (QED) is 0.357. The van der Waals surface area contributed by atoms with Crippen LogP contribution in [0.1, 0.15) is 70.3 Å². The van der Waals surface area contributed by atoms with Crippen LogP contribution >= 0.6 is 11.3 Å². The minimum absolute atomic E-state index is 0.0213. The van der Waals surface area contributed by atoms with Crippen LogP contribution < -0.4 is 16.0 Å². The molecule has 0 spiro atoms. The Morgan fingerprint density at radius 2 is 1.95 bits per heavy atom. The van der Waals surface area contributed by atoms with Gasteiger partial charge < -0.3 is 16.0 Å². The molecule has 0 aliphatic heterocycles. The maximum absolute atomic E-state index is 13.3. The van der Waals surface area contributed by atoms with Crippen LogP contribution in [-0.2, 0) is 23.8 Å². The lowest BCUT2D eigenvalue weighted by molar-refractivity contribution is -0.141. The highest BCUT2D eigenvalue weighted by Gasteiger charge is 2.35. The fourth-order valence-corrected chi connectivity index (χ4v) is 6.15. The molecule has 3 aliphatic rings. The Morgan fingerprint density at radius 3 is 2.64 bits per heavy atom. The van der Waals surface area contributed by atoms with Crippen molar-refractivity contribution in [3.05, 3.63) is 45.9 Å². The molecule has 9 nitrogen and oxygen atoms in total. The van der Waals surface area contributed by atoms with E-state index >= 15 is 0 Å². The van der Waals surface area contributed by atoms with Gasteiger partial charge in [0.2, 0.25) is 11.9 Å². The summed E-state index contributed by atoms with van der Waals surface area (Å²) in [6.45, 7) is 2.13. The Hall–Kier alpha value is -3.48. The highest BCUT2D eigenvalue weighted by atomic mass is 32.1. The summed E-state index contributed by atoms with van der Waals surface area (Å²) in [7, 11) is 0. The van der Waals surface area contributed by atoms with E-state index in [0.29, 0.717) is 47.5 Å². The largest absolute Gasteiger partial charge is 0.433 e. The van der Waals surface area contributed by atoms with Crippen molar-refractivity contribution in [2.45, 2.75) is 64.1 Å². The number of rotatable bonds is 8. The van der Waals surface area contributed by atoms with E-state index in [1.165, 1.54) is 24.3 Å². The van der Waals surface area contributed by atoms with Crippen molar-refractivity contribution in [2.75, 3.05) is 17.2 Å². The first-order chi connectivity index (χ1) is 18.7. The Morgan fingerprint density at radius 1 is 1.15 bits per heavy atom. The molecule has 206 valence electrons. The molecule has 13 heteroatoms. The third-order valence-electron chi connectivity index (χ3n) is 7.48. The second-order valence-corrected chi connectivity index (χ2v) is 11.6. The van der Waals surface area contributed by atoms with Gasteiger partial charge in [-0.25, -0.2) is 4.98 Å². The molecule has 0 unspecified atom stereocenters. The zero-order chi connectivity index (χ0) is 27.3. The first kappa shape index (κ1) is 25.8. The van der Waals surface area contributed by atoms with Crippen molar-refractivity contribution in [3.63, 3.8) is 0 Å². The van der Waals surface area contributed by atoms with E-state index < -0.39 is 11.9 Å². The van der Waals surface area contributed by atoms with Gasteiger partial charge in [-0.3, -0.25) is 14.2 Å². The van der Waals surface area contributed by atoms with Crippen molar-refractivity contribution in [3.8, 4) is 0 Å². The number of amides is 2. The molecule has 1 atom stereocenters. The average Bonchev–Trinajstić information content (AvgIpc) is 3.82. The standard InChI is InChI=1S/C26H28F3N7O2S/c1-13-18(7-9-20(32-13)26(27,28)29)33-25-35-31-12-36(25)16-6-8-19-17(10-16)21(23(38)30-11-14-2-3-14)24(39-19)34-22(37)15-4-5-15/h7,9,12,14-16H,2-6,8,10-11H2,1H3,(H,30,38)(H,33,35)(H,34,37)/t16-/m0/s1. The minimum atomic E-state index is -4.52. The summed E-state index contributed by atoms with van der Waals surface area (Å²) in [5.74, 6) is 0.722. The molecule has 2 amide bonds. The number of aryl methyl sites for hydroxylation is 2. The van der Waals surface area contributed by atoms with E-state index in [4.69, 9.17) is 0 Å². The fraction of sp³-hybridized carbons (Fsp3) is 0.500. The number of thiophene rings is 1. The highest BCUT2D eigenvalue weighted by molar-refractivity contribution is 7.17. The molecule has 0 radical (unpaired) electrons. The number of alkyl halides is 3. The van der Waals surface area contributed by atoms with Crippen LogP contribution in [0.4, 0.5) is 29.8 Å². The predicted molar refractivity (Wildman–Crippen MR) is 139 cm³/mol. The zero-order valence-electron chi connectivity index (χ0n) is 21.3. The predicted octanol–water partition coefficient (Wildman–Crippen LogP) is 5.02. The molecule has 2 fully saturated rings. The van der Waals surface area contributed by atoms with Gasteiger partial charge in [0, 0.05) is 23.4 Å². The monoisotopic (exact) mass is 559 g/mol. The smallest absolute Gasteiger partial charge is 0.352 e. The lowest BCUT2D eigenvalue weighted by atomic mass is 9.91. The van der Waals surface area contributed by atoms with Gasteiger partial charge in [0.1, 0.15) is 17.0 Å². The minimum Gasteiger partial charge on any atom is -0.352 e. The lowest BCUT2D eigenvalue weighted by Crippen LogP contribution is -2.28. The number of hydrogen-bond acceptors (Lipinski definition) is 7. The van der Waals surface area contributed by atoms with Gasteiger partial charge in [0.25, 0.3) is 5.91 Å². The second-order valence-electron chi connectivity index (χ2n) is 10.5. The lowest BCUT2D eigenvalue weighted by Gasteiger charge is -2.25. The Kier molecular flexibility index (Phi) is 6.56. The number of halogens is 3. The van der Waals surface area contributed by atoms with Gasteiger partial charge in [-0.05, 0) is 75.5 Å². The molecular formula is C26H28F3N7O2S. The third-order valence-corrected chi connectivity index (χ3v) is 8.69. The van der Waals surface area contributed by atoms with Gasteiger partial charge in [-0.2, -0.15) is 13.2 Å². The maximum atomic E-state index is 13.3. The van der Waals surface area contributed by atoms with Crippen molar-refractivity contribution in [1.29, 1.82) is 0 Å². The first-order valence-electron chi connectivity index (χ1n) is 13.1. The Balaban J connectivity index is 1.25. The van der Waals surface area contributed by atoms with Crippen LogP contribution in [0.2, 0.25) is 0 Å². The van der Waals surface area contributed by atoms with Gasteiger partial charge in [-0.15, -0.1) is 21.5 Å². The number of pyridine rings is 1. The Labute approximate surface area is 226 Å². The van der Waals surface area contributed by atoms with Crippen LogP contribution in [0.15, 0.2) is 18.5 Å². The summed E-state index contributed by atoms with van der Waals surface area (Å²) in [5, 5.41) is 18.0. The van der Waals surface area contributed by atoms with Crippen molar-refractivity contribution in [1.82, 2.24) is 25.1 Å². The van der Waals surface area contributed by atoms with Crippen molar-refractivity contribution >= 4 is 39.8 Å².